The molecule has 166 valence electrons. The van der Waals surface area contributed by atoms with E-state index in [0.29, 0.717) is 22.8 Å². The van der Waals surface area contributed by atoms with Crippen LogP contribution in [-0.2, 0) is 12.8 Å². The minimum absolute atomic E-state index is 0.00825. The normalized spacial score (nSPS) is 11.8. The lowest BCUT2D eigenvalue weighted by atomic mass is 10.1. The first-order valence-electron chi connectivity index (χ1n) is 9.15. The standard InChI is InChI=1S/C17H19N11O3S/c1-8(9-4-3-5-10(29)6-9)20-22-16(30)12-11(7-32-17-14(19)27(2)23-17)28(26-21-12)15-13(18)24-31-25-15/h3-6,23,29H,7,19H2,1-2H3,(H2,18,24)(H,22,30)/b20-8+. The van der Waals surface area contributed by atoms with Crippen LogP contribution in [0.5, 0.6) is 5.75 Å². The molecule has 32 heavy (non-hydrogen) atoms. The molecule has 1 amide bonds. The van der Waals surface area contributed by atoms with Gasteiger partial charge in [0.15, 0.2) is 5.69 Å². The number of hydrazone groups is 1. The van der Waals surface area contributed by atoms with Crippen LogP contribution in [0, 0.1) is 0 Å². The third-order valence-electron chi connectivity index (χ3n) is 4.48. The van der Waals surface area contributed by atoms with E-state index < -0.39 is 5.91 Å². The second-order valence-electron chi connectivity index (χ2n) is 6.63. The molecule has 0 bridgehead atoms. The fraction of sp³-hybridized carbons (Fsp3) is 0.176. The quantitative estimate of drug-likeness (QED) is 0.149. The van der Waals surface area contributed by atoms with Crippen LogP contribution in [0.15, 0.2) is 39.0 Å². The zero-order chi connectivity index (χ0) is 22.8. The van der Waals surface area contributed by atoms with Gasteiger partial charge >= 0.3 is 0 Å². The van der Waals surface area contributed by atoms with Gasteiger partial charge in [-0.1, -0.05) is 29.1 Å². The highest BCUT2D eigenvalue weighted by molar-refractivity contribution is 7.98. The summed E-state index contributed by atoms with van der Waals surface area (Å²) < 4.78 is 7.57. The number of phenolic OH excluding ortho intramolecular Hbond substituents is 1. The SMILES string of the molecule is C/C(=N\NC(=O)c1nnn(-c2nonc2N)c1CSc1[nH]n(C)c1N)c1cccc(O)c1. The van der Waals surface area contributed by atoms with E-state index in [2.05, 4.69) is 40.9 Å². The number of benzene rings is 1. The summed E-state index contributed by atoms with van der Waals surface area (Å²) in [7, 11) is 1.78. The highest BCUT2D eigenvalue weighted by Crippen LogP contribution is 2.29. The summed E-state index contributed by atoms with van der Waals surface area (Å²) in [6, 6.07) is 6.50. The van der Waals surface area contributed by atoms with E-state index in [-0.39, 0.29) is 28.8 Å². The van der Waals surface area contributed by atoms with Gasteiger partial charge in [-0.2, -0.15) is 9.78 Å². The third kappa shape index (κ3) is 4.00. The van der Waals surface area contributed by atoms with Crippen molar-refractivity contribution in [1.29, 1.82) is 0 Å². The average molecular weight is 457 g/mol. The van der Waals surface area contributed by atoms with Gasteiger partial charge in [-0.15, -0.1) is 5.10 Å². The second-order valence-corrected chi connectivity index (χ2v) is 7.62. The second kappa shape index (κ2) is 8.46. The van der Waals surface area contributed by atoms with E-state index in [9.17, 15) is 9.90 Å². The Morgan fingerprint density at radius 3 is 2.84 bits per heavy atom. The van der Waals surface area contributed by atoms with Crippen LogP contribution in [0.2, 0.25) is 0 Å². The number of anilines is 2. The molecule has 0 fully saturated rings. The number of nitrogens with one attached hydrogen (secondary N) is 2. The van der Waals surface area contributed by atoms with Crippen molar-refractivity contribution in [3.8, 4) is 11.6 Å². The number of carbonyl (C=O) groups is 1. The van der Waals surface area contributed by atoms with E-state index in [1.807, 2.05) is 0 Å². The van der Waals surface area contributed by atoms with Gasteiger partial charge in [0.1, 0.15) is 16.6 Å². The Morgan fingerprint density at radius 1 is 1.38 bits per heavy atom. The van der Waals surface area contributed by atoms with Crippen molar-refractivity contribution in [3.05, 3.63) is 41.2 Å². The first-order valence-corrected chi connectivity index (χ1v) is 10.1. The predicted octanol–water partition coefficient (Wildman–Crippen LogP) is 0.633. The molecule has 4 aromatic rings. The zero-order valence-electron chi connectivity index (χ0n) is 17.0. The summed E-state index contributed by atoms with van der Waals surface area (Å²) in [6.45, 7) is 1.69. The number of hydrogen-bond acceptors (Lipinski definition) is 11. The molecule has 3 heterocycles. The van der Waals surface area contributed by atoms with Gasteiger partial charge in [-0.3, -0.25) is 14.6 Å². The largest absolute Gasteiger partial charge is 0.508 e. The summed E-state index contributed by atoms with van der Waals surface area (Å²) in [5.41, 5.74) is 15.7. The van der Waals surface area contributed by atoms with Crippen molar-refractivity contribution < 1.29 is 14.5 Å². The molecule has 0 atom stereocenters. The third-order valence-corrected chi connectivity index (χ3v) is 5.49. The van der Waals surface area contributed by atoms with Gasteiger partial charge in [-0.25, -0.2) is 10.1 Å². The first-order chi connectivity index (χ1) is 15.3. The topological polar surface area (TPSA) is 204 Å². The Balaban J connectivity index is 1.60. The smallest absolute Gasteiger partial charge is 0.293 e. The highest BCUT2D eigenvalue weighted by atomic mass is 32.2. The number of nitrogens with zero attached hydrogens (tertiary/aromatic N) is 7. The number of hydrogen-bond donors (Lipinski definition) is 5. The van der Waals surface area contributed by atoms with E-state index >= 15 is 0 Å². The molecule has 0 spiro atoms. The van der Waals surface area contributed by atoms with Gasteiger partial charge in [0, 0.05) is 18.4 Å². The number of nitrogens with two attached hydrogens (primary N) is 2. The molecule has 0 saturated heterocycles. The number of phenols is 1. The Bertz CT molecular complexity index is 1300. The number of carbonyl (C=O) groups excluding carboxylic acids is 1. The minimum atomic E-state index is -0.595. The maximum absolute atomic E-state index is 12.8. The number of aromatic amines is 1. The van der Waals surface area contributed by atoms with Gasteiger partial charge in [0.2, 0.25) is 11.6 Å². The van der Waals surface area contributed by atoms with E-state index in [0.717, 1.165) is 5.03 Å². The van der Waals surface area contributed by atoms with Gasteiger partial charge in [-0.05, 0) is 29.4 Å². The highest BCUT2D eigenvalue weighted by Gasteiger charge is 2.25. The molecule has 0 saturated carbocycles. The summed E-state index contributed by atoms with van der Waals surface area (Å²) in [5.74, 6) is 0.413. The van der Waals surface area contributed by atoms with Gasteiger partial charge in [0.25, 0.3) is 5.91 Å². The molecule has 0 aliphatic carbocycles. The molecule has 1 aromatic carbocycles. The number of nitrogen functional groups attached to an aromatic ring is 2. The number of amides is 1. The molecule has 14 nitrogen and oxygen atoms in total. The lowest BCUT2D eigenvalue weighted by molar-refractivity contribution is 0.0949. The van der Waals surface area contributed by atoms with Crippen LogP contribution in [0.4, 0.5) is 11.6 Å². The number of aryl methyl sites for hydroxylation is 1. The Kier molecular flexibility index (Phi) is 5.55. The van der Waals surface area contributed by atoms with Crippen LogP contribution in [-0.4, -0.2) is 51.8 Å². The Labute approximate surface area is 184 Å². The molecular formula is C17H19N11O3S. The Hall–Kier alpha value is -4.27. The lowest BCUT2D eigenvalue weighted by Crippen LogP contribution is -2.21. The molecule has 4 rings (SSSR count). The molecule has 0 unspecified atom stereocenters. The van der Waals surface area contributed by atoms with Gasteiger partial charge in [0.05, 0.1) is 11.4 Å². The summed E-state index contributed by atoms with van der Waals surface area (Å²) in [6.07, 6.45) is 0. The van der Waals surface area contributed by atoms with Crippen molar-refractivity contribution in [3.63, 3.8) is 0 Å². The van der Waals surface area contributed by atoms with E-state index in [1.165, 1.54) is 22.5 Å². The fourth-order valence-electron chi connectivity index (χ4n) is 2.71. The predicted molar refractivity (Wildman–Crippen MR) is 115 cm³/mol. The summed E-state index contributed by atoms with van der Waals surface area (Å²) in [4.78, 5) is 12.8. The van der Waals surface area contributed by atoms with Crippen LogP contribution in [0.25, 0.3) is 5.82 Å². The lowest BCUT2D eigenvalue weighted by Gasteiger charge is -2.16. The fourth-order valence-corrected chi connectivity index (χ4v) is 3.74. The van der Waals surface area contributed by atoms with Crippen molar-refractivity contribution in [2.75, 3.05) is 11.5 Å². The number of aromatic nitrogens is 7. The van der Waals surface area contributed by atoms with Crippen molar-refractivity contribution in [2.45, 2.75) is 17.7 Å². The van der Waals surface area contributed by atoms with E-state index in [1.54, 1.807) is 36.9 Å². The number of aromatic hydroxyl groups is 1. The van der Waals surface area contributed by atoms with Crippen LogP contribution >= 0.6 is 11.8 Å². The molecule has 0 aliphatic heterocycles. The summed E-state index contributed by atoms with van der Waals surface area (Å²) in [5, 5.41) is 32.7. The number of H-pyrrole nitrogens is 1. The number of thioether (sulfide) groups is 1. The number of rotatable bonds is 7. The zero-order valence-corrected chi connectivity index (χ0v) is 17.8. The molecule has 0 aliphatic rings. The van der Waals surface area contributed by atoms with Gasteiger partial charge < -0.3 is 16.6 Å². The van der Waals surface area contributed by atoms with Crippen LogP contribution < -0.4 is 16.9 Å². The monoisotopic (exact) mass is 457 g/mol. The first kappa shape index (κ1) is 21.0. The average Bonchev–Trinajstić information content (AvgIpc) is 3.39. The van der Waals surface area contributed by atoms with Crippen molar-refractivity contribution >= 4 is 35.0 Å². The Morgan fingerprint density at radius 2 is 2.19 bits per heavy atom. The molecule has 7 N–H and O–H groups in total. The maximum atomic E-state index is 12.8. The van der Waals surface area contributed by atoms with E-state index in [4.69, 9.17) is 11.5 Å². The maximum Gasteiger partial charge on any atom is 0.293 e. The molecule has 3 aromatic heterocycles. The minimum Gasteiger partial charge on any atom is -0.508 e. The van der Waals surface area contributed by atoms with Crippen molar-refractivity contribution in [1.82, 2.24) is 40.5 Å². The van der Waals surface area contributed by atoms with Crippen LogP contribution in [0.3, 0.4) is 0 Å². The summed E-state index contributed by atoms with van der Waals surface area (Å²) >= 11 is 1.34. The van der Waals surface area contributed by atoms with Crippen molar-refractivity contribution in [2.24, 2.45) is 12.1 Å². The molecule has 15 heteroatoms. The molecule has 0 radical (unpaired) electrons. The molecular weight excluding hydrogens is 438 g/mol. The van der Waals surface area contributed by atoms with Crippen LogP contribution in [0.1, 0.15) is 28.7 Å².